The number of hydrogen-bond acceptors (Lipinski definition) is 1. The van der Waals surface area contributed by atoms with E-state index >= 15 is 0 Å². The third kappa shape index (κ3) is 4.22. The van der Waals surface area contributed by atoms with Crippen molar-refractivity contribution in [2.24, 2.45) is 0 Å². The van der Waals surface area contributed by atoms with Gasteiger partial charge in [0.05, 0.1) is 19.3 Å². The molecule has 0 saturated carbocycles. The first-order valence-electron chi connectivity index (χ1n) is 11.1. The lowest BCUT2D eigenvalue weighted by Gasteiger charge is -2.20. The van der Waals surface area contributed by atoms with Crippen LogP contribution in [0, 0.1) is 34.6 Å². The topological polar surface area (TPSA) is 12.9 Å². The second-order valence-corrected chi connectivity index (χ2v) is 15.3. The quantitative estimate of drug-likeness (QED) is 0.308. The second-order valence-electron chi connectivity index (χ2n) is 10.2. The number of hydrogen-bond donors (Lipinski definition) is 0. The molecule has 0 aliphatic carbocycles. The van der Waals surface area contributed by atoms with E-state index in [0.717, 1.165) is 11.2 Å². The molecule has 0 unspecified atom stereocenters. The van der Waals surface area contributed by atoms with Crippen LogP contribution in [-0.2, 0) is 0 Å². The van der Waals surface area contributed by atoms with Crippen molar-refractivity contribution >= 4 is 24.2 Å². The van der Waals surface area contributed by atoms with Gasteiger partial charge in [-0.25, -0.2) is 4.98 Å². The van der Waals surface area contributed by atoms with Crippen LogP contribution in [0.25, 0.3) is 33.3 Å². The fourth-order valence-electron chi connectivity index (χ4n) is 4.77. The summed E-state index contributed by atoms with van der Waals surface area (Å²) in [5, 5.41) is 2.74. The molecule has 0 spiro atoms. The van der Waals surface area contributed by atoms with Crippen LogP contribution < -0.4 is 5.19 Å². The predicted octanol–water partition coefficient (Wildman–Crippen LogP) is 7.66. The molecule has 4 rings (SSSR count). The molecular weight excluding hydrogens is 390 g/mol. The first-order chi connectivity index (χ1) is 14.5. The molecule has 0 amide bonds. The summed E-state index contributed by atoms with van der Waals surface area (Å²) in [7, 11) is -1.43. The van der Waals surface area contributed by atoms with Gasteiger partial charge in [0, 0.05) is 10.9 Å². The van der Waals surface area contributed by atoms with Crippen molar-refractivity contribution in [3.63, 3.8) is 0 Å². The van der Waals surface area contributed by atoms with E-state index in [-0.39, 0.29) is 0 Å². The first-order valence-corrected chi connectivity index (χ1v) is 14.6. The minimum Gasteiger partial charge on any atom is -0.248 e. The molecule has 0 bridgehead atoms. The first kappa shape index (κ1) is 21.5. The van der Waals surface area contributed by atoms with Gasteiger partial charge in [-0.15, -0.1) is 0 Å². The Labute approximate surface area is 188 Å². The number of aryl methyl sites for hydroxylation is 5. The molecule has 0 saturated heterocycles. The number of fused-ring (bicyclic) bond motifs is 1. The average Bonchev–Trinajstić information content (AvgIpc) is 2.65. The van der Waals surface area contributed by atoms with Gasteiger partial charge in [0.1, 0.15) is 0 Å². The molecule has 31 heavy (non-hydrogen) atoms. The molecule has 1 aromatic heterocycles. The van der Waals surface area contributed by atoms with Crippen molar-refractivity contribution in [2.75, 3.05) is 0 Å². The Hall–Kier alpha value is -2.71. The standard InChI is InChI=1S/C29H33NSi/c1-18-11-19(2)15-23(14-18)28-17-26(29-21(4)12-20(3)13-22(29)5)25-16-24(31(6,7)8)9-10-27(25)30-28/h9-17H,1-8H3. The molecule has 2 heteroatoms. The summed E-state index contributed by atoms with van der Waals surface area (Å²) in [5.41, 5.74) is 12.5. The SMILES string of the molecule is Cc1cc(C)cc(-c2cc(-c3c(C)cc(C)cc3C)c3cc([Si](C)(C)C)ccc3n2)c1. The summed E-state index contributed by atoms with van der Waals surface area (Å²) < 4.78 is 0. The highest BCUT2D eigenvalue weighted by Gasteiger charge is 2.19. The van der Waals surface area contributed by atoms with Gasteiger partial charge >= 0.3 is 0 Å². The van der Waals surface area contributed by atoms with Gasteiger partial charge in [0.2, 0.25) is 0 Å². The fourth-order valence-corrected chi connectivity index (χ4v) is 5.94. The molecule has 0 aliphatic heterocycles. The van der Waals surface area contributed by atoms with Gasteiger partial charge in [-0.1, -0.05) is 71.8 Å². The van der Waals surface area contributed by atoms with Crippen molar-refractivity contribution in [1.29, 1.82) is 0 Å². The molecule has 1 heterocycles. The van der Waals surface area contributed by atoms with Crippen LogP contribution in [0.15, 0.2) is 54.6 Å². The van der Waals surface area contributed by atoms with Crippen LogP contribution in [0.1, 0.15) is 27.8 Å². The molecule has 0 N–H and O–H groups in total. The van der Waals surface area contributed by atoms with E-state index in [1.54, 1.807) is 0 Å². The number of aromatic nitrogens is 1. The van der Waals surface area contributed by atoms with Crippen LogP contribution in [0.2, 0.25) is 19.6 Å². The van der Waals surface area contributed by atoms with Crippen molar-refractivity contribution in [3.05, 3.63) is 82.4 Å². The Morgan fingerprint density at radius 2 is 1.23 bits per heavy atom. The van der Waals surface area contributed by atoms with Crippen molar-refractivity contribution in [2.45, 2.75) is 54.3 Å². The maximum absolute atomic E-state index is 5.13. The third-order valence-electron chi connectivity index (χ3n) is 6.14. The molecule has 3 aromatic carbocycles. The van der Waals surface area contributed by atoms with Crippen molar-refractivity contribution in [1.82, 2.24) is 4.98 Å². The van der Waals surface area contributed by atoms with Crippen LogP contribution in [0.5, 0.6) is 0 Å². The van der Waals surface area contributed by atoms with Gasteiger partial charge in [-0.2, -0.15) is 0 Å². The lowest BCUT2D eigenvalue weighted by molar-refractivity contribution is 1.31. The number of nitrogens with zero attached hydrogens (tertiary/aromatic N) is 1. The highest BCUT2D eigenvalue weighted by molar-refractivity contribution is 6.88. The zero-order chi connectivity index (χ0) is 22.5. The maximum atomic E-state index is 5.13. The highest BCUT2D eigenvalue weighted by Crippen LogP contribution is 2.36. The molecule has 0 fully saturated rings. The minimum atomic E-state index is -1.43. The largest absolute Gasteiger partial charge is 0.248 e. The summed E-state index contributed by atoms with van der Waals surface area (Å²) in [6, 6.07) is 20.6. The normalized spacial score (nSPS) is 11.9. The molecule has 158 valence electrons. The van der Waals surface area contributed by atoms with Crippen LogP contribution in [0.3, 0.4) is 0 Å². The Bertz CT molecular complexity index is 1270. The van der Waals surface area contributed by atoms with E-state index in [1.807, 2.05) is 0 Å². The van der Waals surface area contributed by atoms with Gasteiger partial charge in [-0.3, -0.25) is 0 Å². The minimum absolute atomic E-state index is 1.05. The summed E-state index contributed by atoms with van der Waals surface area (Å²) in [4.78, 5) is 5.13. The van der Waals surface area contributed by atoms with E-state index < -0.39 is 8.07 Å². The fraction of sp³-hybridized carbons (Fsp3) is 0.276. The second kappa shape index (κ2) is 7.76. The summed E-state index contributed by atoms with van der Waals surface area (Å²) in [6.07, 6.45) is 0. The molecule has 1 nitrogen and oxygen atoms in total. The van der Waals surface area contributed by atoms with Gasteiger partial charge in [0.15, 0.2) is 0 Å². The maximum Gasteiger partial charge on any atom is 0.0776 e. The summed E-state index contributed by atoms with van der Waals surface area (Å²) in [6.45, 7) is 18.2. The van der Waals surface area contributed by atoms with E-state index in [2.05, 4.69) is 109 Å². The van der Waals surface area contributed by atoms with Crippen LogP contribution >= 0.6 is 0 Å². The number of benzene rings is 3. The molecular formula is C29H33NSi. The lowest BCUT2D eigenvalue weighted by atomic mass is 9.90. The summed E-state index contributed by atoms with van der Waals surface area (Å²) in [5.74, 6) is 0. The Morgan fingerprint density at radius 1 is 0.645 bits per heavy atom. The Balaban J connectivity index is 2.09. The third-order valence-corrected chi connectivity index (χ3v) is 8.18. The van der Waals surface area contributed by atoms with E-state index in [4.69, 9.17) is 4.98 Å². The Kier molecular flexibility index (Phi) is 5.39. The lowest BCUT2D eigenvalue weighted by Crippen LogP contribution is -2.37. The zero-order valence-electron chi connectivity index (χ0n) is 20.1. The number of pyridine rings is 1. The Morgan fingerprint density at radius 3 is 1.81 bits per heavy atom. The molecule has 0 radical (unpaired) electrons. The van der Waals surface area contributed by atoms with Crippen LogP contribution in [-0.4, -0.2) is 13.1 Å². The van der Waals surface area contributed by atoms with E-state index in [0.29, 0.717) is 0 Å². The average molecular weight is 424 g/mol. The number of rotatable bonds is 3. The van der Waals surface area contributed by atoms with Gasteiger partial charge in [-0.05, 0) is 81.1 Å². The van der Waals surface area contributed by atoms with E-state index in [1.165, 1.54) is 55.1 Å². The highest BCUT2D eigenvalue weighted by atomic mass is 28.3. The zero-order valence-corrected chi connectivity index (χ0v) is 21.1. The van der Waals surface area contributed by atoms with Gasteiger partial charge < -0.3 is 0 Å². The van der Waals surface area contributed by atoms with Gasteiger partial charge in [0.25, 0.3) is 0 Å². The monoisotopic (exact) mass is 423 g/mol. The summed E-state index contributed by atoms with van der Waals surface area (Å²) >= 11 is 0. The van der Waals surface area contributed by atoms with Crippen molar-refractivity contribution < 1.29 is 0 Å². The van der Waals surface area contributed by atoms with Crippen LogP contribution in [0.4, 0.5) is 0 Å². The molecule has 0 atom stereocenters. The van der Waals surface area contributed by atoms with Crippen molar-refractivity contribution in [3.8, 4) is 22.4 Å². The van der Waals surface area contributed by atoms with E-state index in [9.17, 15) is 0 Å². The predicted molar refractivity (Wildman–Crippen MR) is 139 cm³/mol. The molecule has 0 aliphatic rings. The smallest absolute Gasteiger partial charge is 0.0776 e. The molecule has 4 aromatic rings.